The number of carbonyl (C=O) groups excluding carboxylic acids is 1. The quantitative estimate of drug-likeness (QED) is 0.747. The zero-order valence-corrected chi connectivity index (χ0v) is 11.4. The Morgan fingerprint density at radius 3 is 3.16 bits per heavy atom. The molecule has 5 nitrogen and oxygen atoms in total. The molecular formula is C14H22N4O. The zero-order chi connectivity index (χ0) is 13.7. The third-order valence-electron chi connectivity index (χ3n) is 3.50. The van der Waals surface area contributed by atoms with Crippen LogP contribution in [0.5, 0.6) is 0 Å². The number of rotatable bonds is 6. The number of anilines is 1. The summed E-state index contributed by atoms with van der Waals surface area (Å²) >= 11 is 0. The lowest BCUT2D eigenvalue weighted by Gasteiger charge is -2.20. The van der Waals surface area contributed by atoms with Gasteiger partial charge in [0.2, 0.25) is 5.91 Å². The van der Waals surface area contributed by atoms with Gasteiger partial charge >= 0.3 is 0 Å². The van der Waals surface area contributed by atoms with Crippen molar-refractivity contribution < 1.29 is 4.79 Å². The van der Waals surface area contributed by atoms with Crippen molar-refractivity contribution in [3.8, 4) is 0 Å². The smallest absolute Gasteiger partial charge is 0.222 e. The van der Waals surface area contributed by atoms with Gasteiger partial charge in [0.15, 0.2) is 0 Å². The first kappa shape index (κ1) is 13.8. The topological polar surface area (TPSA) is 71.2 Å². The minimum absolute atomic E-state index is 0.0431. The SMILES string of the molecule is CCCNCc1cccnc1N1CCC(C(N)=O)C1. The first-order chi connectivity index (χ1) is 9.22. The molecule has 0 aromatic carbocycles. The maximum atomic E-state index is 11.2. The summed E-state index contributed by atoms with van der Waals surface area (Å²) < 4.78 is 0. The van der Waals surface area contributed by atoms with E-state index in [2.05, 4.69) is 28.2 Å². The second-order valence-electron chi connectivity index (χ2n) is 5.00. The van der Waals surface area contributed by atoms with Crippen molar-refractivity contribution in [3.05, 3.63) is 23.9 Å². The number of aromatic nitrogens is 1. The van der Waals surface area contributed by atoms with Gasteiger partial charge in [-0.05, 0) is 25.5 Å². The number of hydrogen-bond acceptors (Lipinski definition) is 4. The lowest BCUT2D eigenvalue weighted by atomic mass is 10.1. The molecule has 0 spiro atoms. The first-order valence-electron chi connectivity index (χ1n) is 6.91. The highest BCUT2D eigenvalue weighted by Crippen LogP contribution is 2.24. The monoisotopic (exact) mass is 262 g/mol. The molecule has 1 amide bonds. The van der Waals surface area contributed by atoms with E-state index in [1.807, 2.05) is 6.07 Å². The van der Waals surface area contributed by atoms with Gasteiger partial charge < -0.3 is 16.0 Å². The minimum atomic E-state index is -0.205. The van der Waals surface area contributed by atoms with Gasteiger partial charge in [-0.3, -0.25) is 4.79 Å². The molecule has 1 aromatic heterocycles. The van der Waals surface area contributed by atoms with Gasteiger partial charge in [0, 0.05) is 31.4 Å². The summed E-state index contributed by atoms with van der Waals surface area (Å²) in [6.45, 7) is 5.50. The molecule has 1 aliphatic rings. The van der Waals surface area contributed by atoms with Crippen LogP contribution in [0.4, 0.5) is 5.82 Å². The molecule has 2 rings (SSSR count). The number of nitrogens with one attached hydrogen (secondary N) is 1. The second kappa shape index (κ2) is 6.52. The molecule has 3 N–H and O–H groups in total. The standard InChI is InChI=1S/C14H22N4O/c1-2-6-16-9-11-4-3-7-17-14(11)18-8-5-12(10-18)13(15)19/h3-4,7,12,16H,2,5-6,8-10H2,1H3,(H2,15,19). The van der Waals surface area contributed by atoms with Crippen molar-refractivity contribution in [1.29, 1.82) is 0 Å². The van der Waals surface area contributed by atoms with Crippen molar-refractivity contribution in [3.63, 3.8) is 0 Å². The third-order valence-corrected chi connectivity index (χ3v) is 3.50. The van der Waals surface area contributed by atoms with E-state index in [0.717, 1.165) is 38.3 Å². The second-order valence-corrected chi connectivity index (χ2v) is 5.00. The molecule has 1 saturated heterocycles. The third kappa shape index (κ3) is 3.44. The molecule has 104 valence electrons. The van der Waals surface area contributed by atoms with Crippen LogP contribution in [0.2, 0.25) is 0 Å². The number of nitrogens with two attached hydrogens (primary N) is 1. The number of pyridine rings is 1. The average molecular weight is 262 g/mol. The van der Waals surface area contributed by atoms with E-state index in [1.54, 1.807) is 6.20 Å². The predicted molar refractivity (Wildman–Crippen MR) is 75.7 cm³/mol. The van der Waals surface area contributed by atoms with Gasteiger partial charge in [0.25, 0.3) is 0 Å². The molecule has 0 radical (unpaired) electrons. The van der Waals surface area contributed by atoms with Crippen molar-refractivity contribution >= 4 is 11.7 Å². The summed E-state index contributed by atoms with van der Waals surface area (Å²) in [6, 6.07) is 4.04. The Morgan fingerprint density at radius 1 is 1.63 bits per heavy atom. The first-order valence-corrected chi connectivity index (χ1v) is 6.91. The molecule has 1 unspecified atom stereocenters. The highest BCUT2D eigenvalue weighted by atomic mass is 16.1. The van der Waals surface area contributed by atoms with Crippen molar-refractivity contribution in [2.75, 3.05) is 24.5 Å². The molecule has 2 heterocycles. The molecule has 1 atom stereocenters. The van der Waals surface area contributed by atoms with Gasteiger partial charge in [-0.1, -0.05) is 13.0 Å². The van der Waals surface area contributed by atoms with E-state index in [0.29, 0.717) is 6.54 Å². The molecule has 0 bridgehead atoms. The summed E-state index contributed by atoms with van der Waals surface area (Å²) in [7, 11) is 0. The highest BCUT2D eigenvalue weighted by Gasteiger charge is 2.28. The van der Waals surface area contributed by atoms with Crippen LogP contribution in [0.1, 0.15) is 25.3 Å². The Kier molecular flexibility index (Phi) is 4.74. The van der Waals surface area contributed by atoms with Crippen molar-refractivity contribution in [2.45, 2.75) is 26.3 Å². The molecule has 0 aliphatic carbocycles. The summed E-state index contributed by atoms with van der Waals surface area (Å²) in [5.74, 6) is 0.734. The van der Waals surface area contributed by atoms with E-state index in [-0.39, 0.29) is 11.8 Å². The molecule has 1 fully saturated rings. The summed E-state index contributed by atoms with van der Waals surface area (Å²) in [5.41, 5.74) is 6.56. The van der Waals surface area contributed by atoms with E-state index >= 15 is 0 Å². The average Bonchev–Trinajstić information content (AvgIpc) is 2.89. The Hall–Kier alpha value is -1.62. The molecule has 1 aliphatic heterocycles. The highest BCUT2D eigenvalue weighted by molar-refractivity contribution is 5.78. The lowest BCUT2D eigenvalue weighted by Crippen LogP contribution is -2.28. The molecule has 19 heavy (non-hydrogen) atoms. The maximum Gasteiger partial charge on any atom is 0.222 e. The normalized spacial score (nSPS) is 18.8. The fraction of sp³-hybridized carbons (Fsp3) is 0.571. The van der Waals surface area contributed by atoms with Gasteiger partial charge in [-0.2, -0.15) is 0 Å². The van der Waals surface area contributed by atoms with Gasteiger partial charge in [0.05, 0.1) is 5.92 Å². The molecular weight excluding hydrogens is 240 g/mol. The Labute approximate surface area is 114 Å². The minimum Gasteiger partial charge on any atom is -0.369 e. The van der Waals surface area contributed by atoms with Gasteiger partial charge in [0.1, 0.15) is 5.82 Å². The molecule has 0 saturated carbocycles. The van der Waals surface area contributed by atoms with Crippen LogP contribution in [0, 0.1) is 5.92 Å². The van der Waals surface area contributed by atoms with Crippen LogP contribution in [0.3, 0.4) is 0 Å². The lowest BCUT2D eigenvalue weighted by molar-refractivity contribution is -0.121. The van der Waals surface area contributed by atoms with E-state index in [9.17, 15) is 4.79 Å². The van der Waals surface area contributed by atoms with Crippen molar-refractivity contribution in [1.82, 2.24) is 10.3 Å². The number of primary amides is 1. The van der Waals surface area contributed by atoms with E-state index < -0.39 is 0 Å². The van der Waals surface area contributed by atoms with Crippen LogP contribution < -0.4 is 16.0 Å². The van der Waals surface area contributed by atoms with E-state index in [4.69, 9.17) is 5.73 Å². The van der Waals surface area contributed by atoms with Crippen LogP contribution in [0.25, 0.3) is 0 Å². The van der Waals surface area contributed by atoms with Crippen LogP contribution in [-0.4, -0.2) is 30.5 Å². The Balaban J connectivity index is 2.05. The fourth-order valence-corrected chi connectivity index (χ4v) is 2.44. The van der Waals surface area contributed by atoms with Gasteiger partial charge in [-0.15, -0.1) is 0 Å². The van der Waals surface area contributed by atoms with Crippen molar-refractivity contribution in [2.24, 2.45) is 11.7 Å². The number of carbonyl (C=O) groups is 1. The van der Waals surface area contributed by atoms with Crippen LogP contribution in [-0.2, 0) is 11.3 Å². The number of amides is 1. The van der Waals surface area contributed by atoms with Crippen LogP contribution >= 0.6 is 0 Å². The van der Waals surface area contributed by atoms with Crippen LogP contribution in [0.15, 0.2) is 18.3 Å². The summed E-state index contributed by atoms with van der Waals surface area (Å²) in [4.78, 5) is 17.9. The predicted octanol–water partition coefficient (Wildman–Crippen LogP) is 0.893. The number of nitrogens with zero attached hydrogens (tertiary/aromatic N) is 2. The Morgan fingerprint density at radius 2 is 2.47 bits per heavy atom. The van der Waals surface area contributed by atoms with Gasteiger partial charge in [-0.25, -0.2) is 4.98 Å². The fourth-order valence-electron chi connectivity index (χ4n) is 2.44. The summed E-state index contributed by atoms with van der Waals surface area (Å²) in [5, 5.41) is 3.39. The summed E-state index contributed by atoms with van der Waals surface area (Å²) in [6.07, 6.45) is 3.74. The maximum absolute atomic E-state index is 11.2. The molecule has 1 aromatic rings. The molecule has 5 heteroatoms. The number of hydrogen-bond donors (Lipinski definition) is 2. The largest absolute Gasteiger partial charge is 0.369 e. The zero-order valence-electron chi connectivity index (χ0n) is 11.4. The Bertz CT molecular complexity index is 435. The van der Waals surface area contributed by atoms with E-state index in [1.165, 1.54) is 5.56 Å².